The van der Waals surface area contributed by atoms with Crippen molar-refractivity contribution < 1.29 is 18.0 Å². The molecule has 1 heterocycles. The van der Waals surface area contributed by atoms with Crippen molar-refractivity contribution >= 4 is 5.91 Å². The van der Waals surface area contributed by atoms with Crippen LogP contribution in [0.5, 0.6) is 0 Å². The average Bonchev–Trinajstić information content (AvgIpc) is 3.11. The molecule has 4 atom stereocenters. The Morgan fingerprint density at radius 1 is 1.41 bits per heavy atom. The topological polar surface area (TPSA) is 46.9 Å². The van der Waals surface area contributed by atoms with Gasteiger partial charge >= 0.3 is 6.18 Å². The maximum Gasteiger partial charge on any atom is 0.433 e. The molecule has 0 unspecified atom stereocenters. The molecule has 2 bridgehead atoms. The Kier molecular flexibility index (Phi) is 3.69. The number of nitrogens with one attached hydrogen (secondary N) is 1. The Morgan fingerprint density at radius 3 is 2.64 bits per heavy atom. The molecule has 2 aliphatic rings. The predicted octanol–water partition coefficient (Wildman–Crippen LogP) is 2.99. The highest BCUT2D eigenvalue weighted by Gasteiger charge is 2.42. The number of fused-ring (bicyclic) bond motifs is 2. The zero-order chi connectivity index (χ0) is 16.1. The summed E-state index contributed by atoms with van der Waals surface area (Å²) in [4.78, 5) is 12.2. The maximum absolute atomic E-state index is 12.7. The zero-order valence-electron chi connectivity index (χ0n) is 12.7. The molecule has 3 rings (SSSR count). The number of aryl methyl sites for hydroxylation is 1. The van der Waals surface area contributed by atoms with E-state index in [4.69, 9.17) is 0 Å². The summed E-state index contributed by atoms with van der Waals surface area (Å²) >= 11 is 0. The van der Waals surface area contributed by atoms with E-state index in [0.717, 1.165) is 18.4 Å². The SMILES string of the molecule is C[C@H](NC(=O)c1cc(C(F)(F)F)n(C)n1)[C@@H]1C[C@H]2CC[C@H]1C2. The first-order valence-electron chi connectivity index (χ1n) is 7.68. The number of amides is 1. The first-order chi connectivity index (χ1) is 10.3. The molecule has 4 nitrogen and oxygen atoms in total. The molecule has 1 N–H and O–H groups in total. The quantitative estimate of drug-likeness (QED) is 0.932. The summed E-state index contributed by atoms with van der Waals surface area (Å²) in [5.74, 6) is 1.32. The molecule has 2 saturated carbocycles. The van der Waals surface area contributed by atoms with Gasteiger partial charge in [0.05, 0.1) is 0 Å². The van der Waals surface area contributed by atoms with Gasteiger partial charge in [-0.1, -0.05) is 6.42 Å². The molecule has 1 aromatic heterocycles. The minimum Gasteiger partial charge on any atom is -0.348 e. The van der Waals surface area contributed by atoms with Crippen LogP contribution in [0.4, 0.5) is 13.2 Å². The van der Waals surface area contributed by atoms with Crippen LogP contribution in [-0.4, -0.2) is 21.7 Å². The van der Waals surface area contributed by atoms with Gasteiger partial charge in [-0.05, 0) is 43.9 Å². The molecule has 0 radical (unpaired) electrons. The van der Waals surface area contributed by atoms with Crippen LogP contribution >= 0.6 is 0 Å². The number of alkyl halides is 3. The van der Waals surface area contributed by atoms with Gasteiger partial charge < -0.3 is 5.32 Å². The van der Waals surface area contributed by atoms with Gasteiger partial charge in [-0.15, -0.1) is 0 Å². The Labute approximate surface area is 127 Å². The second-order valence-electron chi connectivity index (χ2n) is 6.64. The molecule has 122 valence electrons. The molecule has 2 fully saturated rings. The Balaban J connectivity index is 1.67. The molecule has 1 aromatic rings. The van der Waals surface area contributed by atoms with Gasteiger partial charge in [-0.3, -0.25) is 9.48 Å². The van der Waals surface area contributed by atoms with Crippen molar-refractivity contribution in [2.75, 3.05) is 0 Å². The zero-order valence-corrected chi connectivity index (χ0v) is 12.7. The summed E-state index contributed by atoms with van der Waals surface area (Å²) in [5, 5.41) is 6.52. The van der Waals surface area contributed by atoms with Crippen molar-refractivity contribution in [3.8, 4) is 0 Å². The molecular weight excluding hydrogens is 295 g/mol. The number of rotatable bonds is 3. The minimum absolute atomic E-state index is 0.0286. The fourth-order valence-electron chi connectivity index (χ4n) is 4.14. The van der Waals surface area contributed by atoms with Crippen molar-refractivity contribution in [2.24, 2.45) is 24.8 Å². The van der Waals surface area contributed by atoms with Crippen LogP contribution in [-0.2, 0) is 13.2 Å². The Hall–Kier alpha value is -1.53. The van der Waals surface area contributed by atoms with Crippen molar-refractivity contribution in [1.82, 2.24) is 15.1 Å². The van der Waals surface area contributed by atoms with Crippen molar-refractivity contribution in [3.05, 3.63) is 17.5 Å². The van der Waals surface area contributed by atoms with E-state index in [2.05, 4.69) is 10.4 Å². The fourth-order valence-corrected chi connectivity index (χ4v) is 4.14. The number of carbonyl (C=O) groups is 1. The van der Waals surface area contributed by atoms with E-state index in [1.165, 1.54) is 26.3 Å². The van der Waals surface area contributed by atoms with E-state index in [-0.39, 0.29) is 11.7 Å². The third-order valence-corrected chi connectivity index (χ3v) is 5.20. The lowest BCUT2D eigenvalue weighted by Gasteiger charge is -2.28. The monoisotopic (exact) mass is 315 g/mol. The van der Waals surface area contributed by atoms with E-state index in [0.29, 0.717) is 16.5 Å². The largest absolute Gasteiger partial charge is 0.433 e. The minimum atomic E-state index is -4.50. The van der Waals surface area contributed by atoms with Gasteiger partial charge in [0.25, 0.3) is 5.91 Å². The lowest BCUT2D eigenvalue weighted by molar-refractivity contribution is -0.143. The van der Waals surface area contributed by atoms with Gasteiger partial charge in [0.1, 0.15) is 5.69 Å². The Bertz CT molecular complexity index is 581. The molecule has 7 heteroatoms. The van der Waals surface area contributed by atoms with E-state index in [1.54, 1.807) is 0 Å². The molecule has 0 spiro atoms. The van der Waals surface area contributed by atoms with E-state index < -0.39 is 17.8 Å². The molecule has 0 aromatic carbocycles. The molecule has 2 aliphatic carbocycles. The highest BCUT2D eigenvalue weighted by atomic mass is 19.4. The van der Waals surface area contributed by atoms with E-state index in [9.17, 15) is 18.0 Å². The lowest BCUT2D eigenvalue weighted by atomic mass is 9.84. The van der Waals surface area contributed by atoms with Gasteiger partial charge in [0, 0.05) is 19.2 Å². The van der Waals surface area contributed by atoms with Gasteiger partial charge in [-0.2, -0.15) is 18.3 Å². The highest BCUT2D eigenvalue weighted by Crippen LogP contribution is 2.49. The first kappa shape index (κ1) is 15.4. The second kappa shape index (κ2) is 5.28. The molecule has 0 aliphatic heterocycles. The van der Waals surface area contributed by atoms with Crippen LogP contribution in [0.3, 0.4) is 0 Å². The van der Waals surface area contributed by atoms with Crippen LogP contribution in [0.2, 0.25) is 0 Å². The van der Waals surface area contributed by atoms with Crippen molar-refractivity contribution in [2.45, 2.75) is 44.8 Å². The van der Waals surface area contributed by atoms with Crippen molar-refractivity contribution in [3.63, 3.8) is 0 Å². The van der Waals surface area contributed by atoms with Gasteiger partial charge in [-0.25, -0.2) is 0 Å². The van der Waals surface area contributed by atoms with E-state index in [1.807, 2.05) is 6.92 Å². The molecule has 1 amide bonds. The molecule has 22 heavy (non-hydrogen) atoms. The van der Waals surface area contributed by atoms with Gasteiger partial charge in [0.15, 0.2) is 5.69 Å². The lowest BCUT2D eigenvalue weighted by Crippen LogP contribution is -2.40. The summed E-state index contributed by atoms with van der Waals surface area (Å²) in [5.41, 5.74) is -1.09. The average molecular weight is 315 g/mol. The molecular formula is C15H20F3N3O. The second-order valence-corrected chi connectivity index (χ2v) is 6.64. The number of nitrogens with zero attached hydrogens (tertiary/aromatic N) is 2. The van der Waals surface area contributed by atoms with E-state index >= 15 is 0 Å². The smallest absolute Gasteiger partial charge is 0.348 e. The van der Waals surface area contributed by atoms with Crippen molar-refractivity contribution in [1.29, 1.82) is 0 Å². The number of carbonyl (C=O) groups excluding carboxylic acids is 1. The third-order valence-electron chi connectivity index (χ3n) is 5.20. The Morgan fingerprint density at radius 2 is 2.14 bits per heavy atom. The molecule has 0 saturated heterocycles. The van der Waals surface area contributed by atoms with Crippen LogP contribution < -0.4 is 5.32 Å². The number of halogens is 3. The standard InChI is InChI=1S/C15H20F3N3O/c1-8(11-6-9-3-4-10(11)5-9)19-14(22)12-7-13(15(16,17)18)21(2)20-12/h7-11H,3-6H2,1-2H3,(H,19,22)/t8-,9-,10-,11-/m0/s1. The van der Waals surface area contributed by atoms with Crippen LogP contribution in [0.25, 0.3) is 0 Å². The highest BCUT2D eigenvalue weighted by molar-refractivity contribution is 5.92. The summed E-state index contributed by atoms with van der Waals surface area (Å²) in [6.07, 6.45) is 0.319. The summed E-state index contributed by atoms with van der Waals surface area (Å²) in [6, 6.07) is 0.780. The summed E-state index contributed by atoms with van der Waals surface area (Å²) in [6.45, 7) is 1.94. The van der Waals surface area contributed by atoms with Crippen LogP contribution in [0.15, 0.2) is 6.07 Å². The fraction of sp³-hybridized carbons (Fsp3) is 0.733. The number of hydrogen-bond donors (Lipinski definition) is 1. The first-order valence-corrected chi connectivity index (χ1v) is 7.68. The van der Waals surface area contributed by atoms with Gasteiger partial charge in [0.2, 0.25) is 0 Å². The number of hydrogen-bond acceptors (Lipinski definition) is 2. The number of aromatic nitrogens is 2. The van der Waals surface area contributed by atoms with Crippen LogP contribution in [0, 0.1) is 17.8 Å². The van der Waals surface area contributed by atoms with Crippen LogP contribution in [0.1, 0.15) is 48.8 Å². The summed E-state index contributed by atoms with van der Waals surface area (Å²) in [7, 11) is 1.19. The predicted molar refractivity (Wildman–Crippen MR) is 74.1 cm³/mol. The summed E-state index contributed by atoms with van der Waals surface area (Å²) < 4.78 is 38.9. The third kappa shape index (κ3) is 2.73. The normalized spacial score (nSPS) is 28.9. The maximum atomic E-state index is 12.7.